The maximum Gasteiger partial charge on any atom is 0.318 e. The van der Waals surface area contributed by atoms with Gasteiger partial charge in [-0.25, -0.2) is 0 Å². The molecular formula is C12H18N2O3. The quantitative estimate of drug-likeness (QED) is 0.789. The molecule has 2 rings (SSSR count). The number of H-pyrrole nitrogens is 1. The molecule has 1 aromatic heterocycles. The zero-order valence-corrected chi connectivity index (χ0v) is 10.4. The molecule has 0 bridgehead atoms. The van der Waals surface area contributed by atoms with Crippen molar-refractivity contribution in [3.63, 3.8) is 0 Å². The van der Waals surface area contributed by atoms with Crippen molar-refractivity contribution in [2.24, 2.45) is 5.41 Å². The van der Waals surface area contributed by atoms with Gasteiger partial charge in [-0.2, -0.15) is 0 Å². The van der Waals surface area contributed by atoms with Crippen molar-refractivity contribution >= 4 is 5.97 Å². The van der Waals surface area contributed by atoms with Crippen LogP contribution in [0.5, 0.6) is 0 Å². The zero-order valence-electron chi connectivity index (χ0n) is 10.4. The number of methoxy groups -OCH3 is 1. The highest BCUT2D eigenvalue weighted by molar-refractivity contribution is 5.79. The third-order valence-corrected chi connectivity index (χ3v) is 3.29. The molecule has 0 spiro atoms. The summed E-state index contributed by atoms with van der Waals surface area (Å²) in [7, 11) is 5.34. The van der Waals surface area contributed by atoms with Crippen molar-refractivity contribution in [3.05, 3.63) is 24.0 Å². The number of ether oxygens (including phenoxy) is 2. The van der Waals surface area contributed by atoms with Crippen LogP contribution in [0, 0.1) is 5.41 Å². The van der Waals surface area contributed by atoms with E-state index >= 15 is 0 Å². The first-order valence-electron chi connectivity index (χ1n) is 5.57. The fraction of sp³-hybridized carbons (Fsp3) is 0.583. The van der Waals surface area contributed by atoms with E-state index in [1.165, 1.54) is 7.11 Å². The number of hydrogen-bond acceptors (Lipinski definition) is 4. The monoisotopic (exact) mass is 238 g/mol. The number of aromatic nitrogens is 1. The minimum Gasteiger partial charge on any atom is -0.468 e. The molecule has 1 aromatic rings. The summed E-state index contributed by atoms with van der Waals surface area (Å²) in [5.74, 6) is -0.205. The number of esters is 1. The molecular weight excluding hydrogens is 220 g/mol. The molecule has 0 saturated carbocycles. The summed E-state index contributed by atoms with van der Waals surface area (Å²) in [5.41, 5.74) is 0.490. The molecule has 0 radical (unpaired) electrons. The second-order valence-electron chi connectivity index (χ2n) is 4.65. The molecule has 1 saturated heterocycles. The fourth-order valence-electron chi connectivity index (χ4n) is 2.53. The number of hydrogen-bond donors (Lipinski definition) is 1. The van der Waals surface area contributed by atoms with Crippen LogP contribution in [0.15, 0.2) is 18.5 Å². The third-order valence-electron chi connectivity index (χ3n) is 3.29. The molecule has 0 aromatic carbocycles. The average molecular weight is 238 g/mol. The van der Waals surface area contributed by atoms with Gasteiger partial charge in [0.25, 0.3) is 0 Å². The Morgan fingerprint density at radius 2 is 2.29 bits per heavy atom. The van der Waals surface area contributed by atoms with E-state index in [0.717, 1.165) is 5.56 Å². The summed E-state index contributed by atoms with van der Waals surface area (Å²) in [6.07, 6.45) is 3.77. The van der Waals surface area contributed by atoms with Gasteiger partial charge in [0.15, 0.2) is 0 Å². The number of nitrogens with zero attached hydrogens (tertiary/aromatic N) is 1. The van der Waals surface area contributed by atoms with E-state index in [-0.39, 0.29) is 12.0 Å². The van der Waals surface area contributed by atoms with Gasteiger partial charge in [-0.1, -0.05) is 0 Å². The molecule has 17 heavy (non-hydrogen) atoms. The van der Waals surface area contributed by atoms with Gasteiger partial charge >= 0.3 is 5.97 Å². The Balaban J connectivity index is 2.35. The number of carbonyl (C=O) groups excluding carboxylic acids is 1. The van der Waals surface area contributed by atoms with Crippen LogP contribution in [-0.2, 0) is 14.3 Å². The summed E-state index contributed by atoms with van der Waals surface area (Å²) in [4.78, 5) is 17.1. The molecule has 5 nitrogen and oxygen atoms in total. The summed E-state index contributed by atoms with van der Waals surface area (Å²) in [6, 6.07) is 1.95. The maximum absolute atomic E-state index is 12.0. The second kappa shape index (κ2) is 4.50. The van der Waals surface area contributed by atoms with Crippen LogP contribution in [-0.4, -0.2) is 50.3 Å². The van der Waals surface area contributed by atoms with E-state index in [1.54, 1.807) is 0 Å². The first-order chi connectivity index (χ1) is 8.12. The standard InChI is InChI=1S/C12H18N2O3/c1-14(2)10(9-4-5-13-6-9)12(7-17-8-12)11(15)16-3/h4-6,10,13H,7-8H2,1-3H3. The van der Waals surface area contributed by atoms with Gasteiger partial charge in [0.1, 0.15) is 5.41 Å². The highest BCUT2D eigenvalue weighted by atomic mass is 16.5. The minimum atomic E-state index is -0.583. The van der Waals surface area contributed by atoms with Crippen LogP contribution in [0.3, 0.4) is 0 Å². The Hall–Kier alpha value is -1.33. The predicted molar refractivity (Wildman–Crippen MR) is 62.5 cm³/mol. The van der Waals surface area contributed by atoms with Crippen LogP contribution in [0.25, 0.3) is 0 Å². The Labute approximate surface area is 101 Å². The maximum atomic E-state index is 12.0. The van der Waals surface area contributed by atoms with Gasteiger partial charge in [-0.05, 0) is 25.7 Å². The van der Waals surface area contributed by atoms with Crippen molar-refractivity contribution < 1.29 is 14.3 Å². The van der Waals surface area contributed by atoms with Crippen LogP contribution in [0.1, 0.15) is 11.6 Å². The third kappa shape index (κ3) is 1.85. The summed E-state index contributed by atoms with van der Waals surface area (Å²) in [5, 5.41) is 0. The normalized spacial score (nSPS) is 19.8. The lowest BCUT2D eigenvalue weighted by Gasteiger charge is -2.46. The number of carbonyl (C=O) groups is 1. The van der Waals surface area contributed by atoms with Gasteiger partial charge in [-0.3, -0.25) is 4.79 Å². The first-order valence-corrected chi connectivity index (χ1v) is 5.57. The van der Waals surface area contributed by atoms with Gasteiger partial charge in [0.05, 0.1) is 26.4 Å². The van der Waals surface area contributed by atoms with Crippen molar-refractivity contribution in [1.82, 2.24) is 9.88 Å². The van der Waals surface area contributed by atoms with Gasteiger partial charge in [0.2, 0.25) is 0 Å². The lowest BCUT2D eigenvalue weighted by molar-refractivity contribution is -0.197. The molecule has 1 fully saturated rings. The lowest BCUT2D eigenvalue weighted by Crippen LogP contribution is -2.57. The predicted octanol–water partition coefficient (Wildman–Crippen LogP) is 0.807. The van der Waals surface area contributed by atoms with Crippen LogP contribution in [0.4, 0.5) is 0 Å². The zero-order chi connectivity index (χ0) is 12.5. The van der Waals surface area contributed by atoms with E-state index < -0.39 is 5.41 Å². The second-order valence-corrected chi connectivity index (χ2v) is 4.65. The molecule has 1 atom stereocenters. The van der Waals surface area contributed by atoms with Crippen molar-refractivity contribution in [2.45, 2.75) is 6.04 Å². The summed E-state index contributed by atoms with van der Waals surface area (Å²) >= 11 is 0. The van der Waals surface area contributed by atoms with Gasteiger partial charge in [-0.15, -0.1) is 0 Å². The highest BCUT2D eigenvalue weighted by Crippen LogP contribution is 2.44. The Bertz CT molecular complexity index is 382. The van der Waals surface area contributed by atoms with Crippen molar-refractivity contribution in [3.8, 4) is 0 Å². The van der Waals surface area contributed by atoms with E-state index in [4.69, 9.17) is 9.47 Å². The Kier molecular flexibility index (Phi) is 3.22. The summed E-state index contributed by atoms with van der Waals surface area (Å²) in [6.45, 7) is 0.821. The van der Waals surface area contributed by atoms with Crippen LogP contribution >= 0.6 is 0 Å². The Morgan fingerprint density at radius 3 is 2.65 bits per heavy atom. The van der Waals surface area contributed by atoms with Crippen molar-refractivity contribution in [2.75, 3.05) is 34.4 Å². The molecule has 0 aliphatic carbocycles. The van der Waals surface area contributed by atoms with Gasteiger partial charge in [0, 0.05) is 12.4 Å². The molecule has 1 aliphatic rings. The topological polar surface area (TPSA) is 54.6 Å². The van der Waals surface area contributed by atoms with Crippen LogP contribution in [0.2, 0.25) is 0 Å². The number of aromatic amines is 1. The SMILES string of the molecule is COC(=O)C1(C(c2cc[nH]c2)N(C)C)COC1. The van der Waals surface area contributed by atoms with E-state index in [9.17, 15) is 4.79 Å². The van der Waals surface area contributed by atoms with E-state index in [1.807, 2.05) is 37.5 Å². The molecule has 1 aliphatic heterocycles. The molecule has 2 heterocycles. The minimum absolute atomic E-state index is 0.0325. The first kappa shape index (κ1) is 12.1. The smallest absolute Gasteiger partial charge is 0.318 e. The number of rotatable bonds is 4. The molecule has 1 unspecified atom stereocenters. The fourth-order valence-corrected chi connectivity index (χ4v) is 2.53. The lowest BCUT2D eigenvalue weighted by atomic mass is 9.75. The molecule has 94 valence electrons. The molecule has 1 N–H and O–H groups in total. The number of nitrogens with one attached hydrogen (secondary N) is 1. The molecule has 5 heteroatoms. The summed E-state index contributed by atoms with van der Waals surface area (Å²) < 4.78 is 10.2. The van der Waals surface area contributed by atoms with Gasteiger partial charge < -0.3 is 19.4 Å². The van der Waals surface area contributed by atoms with Crippen LogP contribution < -0.4 is 0 Å². The van der Waals surface area contributed by atoms with E-state index in [2.05, 4.69) is 4.98 Å². The average Bonchev–Trinajstić information content (AvgIpc) is 2.74. The largest absolute Gasteiger partial charge is 0.468 e. The highest BCUT2D eigenvalue weighted by Gasteiger charge is 2.54. The van der Waals surface area contributed by atoms with E-state index in [0.29, 0.717) is 13.2 Å². The van der Waals surface area contributed by atoms with Crippen molar-refractivity contribution in [1.29, 1.82) is 0 Å². The Morgan fingerprint density at radius 1 is 1.59 bits per heavy atom. The molecule has 0 amide bonds.